The highest BCUT2D eigenvalue weighted by atomic mass is 15.1. The van der Waals surface area contributed by atoms with Crippen molar-refractivity contribution in [1.29, 1.82) is 5.26 Å². The van der Waals surface area contributed by atoms with E-state index in [1.165, 1.54) is 12.8 Å². The first-order chi connectivity index (χ1) is 8.78. The molecule has 1 aromatic heterocycles. The van der Waals surface area contributed by atoms with E-state index >= 15 is 0 Å². The summed E-state index contributed by atoms with van der Waals surface area (Å²) in [5.74, 6) is 0.856. The third-order valence-electron chi connectivity index (χ3n) is 3.18. The molecule has 0 atom stereocenters. The molecule has 1 fully saturated rings. The fourth-order valence-electron chi connectivity index (χ4n) is 2.08. The molecule has 2 heterocycles. The van der Waals surface area contributed by atoms with Crippen LogP contribution in [-0.2, 0) is 6.54 Å². The summed E-state index contributed by atoms with van der Waals surface area (Å²) < 4.78 is 0. The van der Waals surface area contributed by atoms with Gasteiger partial charge >= 0.3 is 0 Å². The summed E-state index contributed by atoms with van der Waals surface area (Å²) in [5, 5.41) is 8.78. The molecule has 0 aliphatic carbocycles. The van der Waals surface area contributed by atoms with Gasteiger partial charge in [-0.3, -0.25) is 4.90 Å². The van der Waals surface area contributed by atoms with E-state index < -0.39 is 0 Å². The minimum absolute atomic E-state index is 0.517. The Morgan fingerprint density at radius 3 is 2.61 bits per heavy atom. The van der Waals surface area contributed by atoms with Crippen molar-refractivity contribution in [2.24, 2.45) is 5.92 Å². The Hall–Kier alpha value is -1.40. The van der Waals surface area contributed by atoms with Gasteiger partial charge in [-0.1, -0.05) is 26.8 Å². The Bertz CT molecular complexity index is 387. The first kappa shape index (κ1) is 14.7. The first-order valence-electron chi connectivity index (χ1n) is 6.86. The lowest BCUT2D eigenvalue weighted by molar-refractivity contribution is 0.183. The molecule has 0 amide bonds. The normalized spacial score (nSPS) is 16.6. The van der Waals surface area contributed by atoms with Gasteiger partial charge in [0.15, 0.2) is 0 Å². The van der Waals surface area contributed by atoms with Crippen molar-refractivity contribution in [1.82, 2.24) is 9.88 Å². The molecule has 18 heavy (non-hydrogen) atoms. The summed E-state index contributed by atoms with van der Waals surface area (Å²) >= 11 is 0. The Morgan fingerprint density at radius 1 is 1.33 bits per heavy atom. The fourth-order valence-corrected chi connectivity index (χ4v) is 2.08. The monoisotopic (exact) mass is 245 g/mol. The lowest BCUT2D eigenvalue weighted by atomic mass is 9.99. The SMILES string of the molecule is CC.CC1CCN(Cc2cccc(C#N)n2)CC1. The quantitative estimate of drug-likeness (QED) is 0.803. The smallest absolute Gasteiger partial charge is 0.140 e. The second-order valence-electron chi connectivity index (χ2n) is 4.58. The zero-order valence-corrected chi connectivity index (χ0v) is 11.7. The Kier molecular flexibility index (Phi) is 6.38. The summed E-state index contributed by atoms with van der Waals surface area (Å²) in [4.78, 5) is 6.72. The topological polar surface area (TPSA) is 39.9 Å². The van der Waals surface area contributed by atoms with Crippen LogP contribution in [0.3, 0.4) is 0 Å². The largest absolute Gasteiger partial charge is 0.297 e. The summed E-state index contributed by atoms with van der Waals surface area (Å²) in [5.41, 5.74) is 1.52. The molecule has 0 N–H and O–H groups in total. The molecule has 0 saturated carbocycles. The maximum absolute atomic E-state index is 8.78. The summed E-state index contributed by atoms with van der Waals surface area (Å²) in [6.07, 6.45) is 2.55. The third kappa shape index (κ3) is 4.46. The molecule has 0 aromatic carbocycles. The Labute approximate surface area is 110 Å². The molecule has 1 aromatic rings. The second kappa shape index (κ2) is 7.84. The van der Waals surface area contributed by atoms with Gasteiger partial charge in [-0.2, -0.15) is 5.26 Å². The number of hydrogen-bond donors (Lipinski definition) is 0. The molecule has 0 radical (unpaired) electrons. The van der Waals surface area contributed by atoms with E-state index in [-0.39, 0.29) is 0 Å². The van der Waals surface area contributed by atoms with E-state index in [4.69, 9.17) is 5.26 Å². The predicted molar refractivity (Wildman–Crippen MR) is 74.0 cm³/mol. The van der Waals surface area contributed by atoms with Crippen LogP contribution in [0.25, 0.3) is 0 Å². The predicted octanol–water partition coefficient (Wildman–Crippen LogP) is 3.21. The average Bonchev–Trinajstić information content (AvgIpc) is 2.44. The van der Waals surface area contributed by atoms with Crippen LogP contribution in [0.2, 0.25) is 0 Å². The van der Waals surface area contributed by atoms with E-state index in [1.807, 2.05) is 26.0 Å². The van der Waals surface area contributed by atoms with E-state index in [0.717, 1.165) is 31.2 Å². The van der Waals surface area contributed by atoms with Crippen LogP contribution in [0.1, 0.15) is 45.0 Å². The van der Waals surface area contributed by atoms with Gasteiger partial charge in [-0.25, -0.2) is 4.98 Å². The van der Waals surface area contributed by atoms with Crippen LogP contribution in [0.5, 0.6) is 0 Å². The molecule has 0 unspecified atom stereocenters. The van der Waals surface area contributed by atoms with Crippen LogP contribution >= 0.6 is 0 Å². The van der Waals surface area contributed by atoms with Gasteiger partial charge in [0.05, 0.1) is 5.69 Å². The van der Waals surface area contributed by atoms with Crippen LogP contribution < -0.4 is 0 Å². The molecule has 0 spiro atoms. The number of piperidine rings is 1. The highest BCUT2D eigenvalue weighted by Crippen LogP contribution is 2.17. The maximum atomic E-state index is 8.78. The highest BCUT2D eigenvalue weighted by molar-refractivity contribution is 5.22. The zero-order valence-electron chi connectivity index (χ0n) is 11.7. The molecular formula is C15H23N3. The number of aromatic nitrogens is 1. The van der Waals surface area contributed by atoms with Crippen LogP contribution in [0.15, 0.2) is 18.2 Å². The van der Waals surface area contributed by atoms with Gasteiger partial charge in [0.25, 0.3) is 0 Å². The molecule has 1 aliphatic heterocycles. The van der Waals surface area contributed by atoms with E-state index in [0.29, 0.717) is 5.69 Å². The third-order valence-corrected chi connectivity index (χ3v) is 3.18. The van der Waals surface area contributed by atoms with Crippen LogP contribution in [-0.4, -0.2) is 23.0 Å². The average molecular weight is 245 g/mol. The van der Waals surface area contributed by atoms with Crippen molar-refractivity contribution in [3.05, 3.63) is 29.6 Å². The molecule has 1 saturated heterocycles. The highest BCUT2D eigenvalue weighted by Gasteiger charge is 2.15. The van der Waals surface area contributed by atoms with Crippen molar-refractivity contribution >= 4 is 0 Å². The summed E-state index contributed by atoms with van der Waals surface area (Å²) in [6.45, 7) is 9.49. The van der Waals surface area contributed by atoms with Crippen molar-refractivity contribution in [2.75, 3.05) is 13.1 Å². The van der Waals surface area contributed by atoms with Gasteiger partial charge in [-0.15, -0.1) is 0 Å². The molecular weight excluding hydrogens is 222 g/mol. The van der Waals surface area contributed by atoms with E-state index in [9.17, 15) is 0 Å². The summed E-state index contributed by atoms with van der Waals surface area (Å²) in [7, 11) is 0. The fraction of sp³-hybridized carbons (Fsp3) is 0.600. The van der Waals surface area contributed by atoms with Gasteiger partial charge in [0.1, 0.15) is 11.8 Å². The molecule has 2 rings (SSSR count). The number of hydrogen-bond acceptors (Lipinski definition) is 3. The second-order valence-corrected chi connectivity index (χ2v) is 4.58. The molecule has 3 heteroatoms. The minimum atomic E-state index is 0.517. The lowest BCUT2D eigenvalue weighted by Crippen LogP contribution is -2.32. The number of likely N-dealkylation sites (tertiary alicyclic amines) is 1. The van der Waals surface area contributed by atoms with Crippen molar-refractivity contribution in [3.8, 4) is 6.07 Å². The minimum Gasteiger partial charge on any atom is -0.297 e. The number of rotatable bonds is 2. The Morgan fingerprint density at radius 2 is 2.00 bits per heavy atom. The molecule has 3 nitrogen and oxygen atoms in total. The molecule has 1 aliphatic rings. The summed E-state index contributed by atoms with van der Waals surface area (Å²) in [6, 6.07) is 7.74. The number of pyridine rings is 1. The van der Waals surface area contributed by atoms with Gasteiger partial charge in [0, 0.05) is 6.54 Å². The number of nitrogens with zero attached hydrogens (tertiary/aromatic N) is 3. The number of nitriles is 1. The van der Waals surface area contributed by atoms with Crippen LogP contribution in [0.4, 0.5) is 0 Å². The first-order valence-corrected chi connectivity index (χ1v) is 6.86. The van der Waals surface area contributed by atoms with Crippen molar-refractivity contribution < 1.29 is 0 Å². The van der Waals surface area contributed by atoms with Gasteiger partial charge in [-0.05, 0) is 44.0 Å². The molecule has 98 valence electrons. The van der Waals surface area contributed by atoms with E-state index in [1.54, 1.807) is 6.07 Å². The standard InChI is InChI=1S/C13H17N3.C2H6/c1-11-5-7-16(8-6-11)10-13-4-2-3-12(9-14)15-13;1-2/h2-4,11H,5-8,10H2,1H3;1-2H3. The van der Waals surface area contributed by atoms with E-state index in [2.05, 4.69) is 22.9 Å². The van der Waals surface area contributed by atoms with Crippen LogP contribution in [0, 0.1) is 17.2 Å². The lowest BCUT2D eigenvalue weighted by Gasteiger charge is -2.29. The molecule has 0 bridgehead atoms. The van der Waals surface area contributed by atoms with Crippen molar-refractivity contribution in [2.45, 2.75) is 40.2 Å². The zero-order chi connectivity index (χ0) is 13.4. The van der Waals surface area contributed by atoms with Gasteiger partial charge < -0.3 is 0 Å². The van der Waals surface area contributed by atoms with Gasteiger partial charge in [0.2, 0.25) is 0 Å². The maximum Gasteiger partial charge on any atom is 0.140 e. The Balaban J connectivity index is 0.000000771. The van der Waals surface area contributed by atoms with Crippen molar-refractivity contribution in [3.63, 3.8) is 0 Å².